The fourth-order valence-electron chi connectivity index (χ4n) is 7.19. The second-order valence-electron chi connectivity index (χ2n) is 16.2. The minimum atomic E-state index is -0.865. The highest BCUT2D eigenvalue weighted by molar-refractivity contribution is 5.76. The fraction of sp³-hybridized carbons (Fsp3) is 0.857. The summed E-state index contributed by atoms with van der Waals surface area (Å²) in [6.07, 6.45) is 59.9. The molecule has 4 heteroatoms. The third kappa shape index (κ3) is 41.6. The molecule has 3 N–H and O–H groups in total. The number of hydrogen-bond donors (Lipinski definition) is 3. The van der Waals surface area contributed by atoms with Crippen LogP contribution in [0.3, 0.4) is 0 Å². The number of carbonyl (C=O) groups excluding carboxylic acids is 1. The van der Waals surface area contributed by atoms with Crippen LogP contribution in [0, 0.1) is 0 Å². The standard InChI is InChI=1S/C49H93NO3/c1-3-5-7-9-11-13-15-17-19-21-22-23-24-25-26-27-28-29-30-32-34-36-38-40-42-44-48(52)47(46-51)50-49(53)45-43-41-39-37-35-33-31-20-18-16-14-12-10-8-6-4-2/h20,31,34,36,42,44,47-48,51-52H,3-19,21-30,32-33,35,37-41,43,45-46H2,1-2H3,(H,50,53)/b31-20-,36-34+,44-42+. The van der Waals surface area contributed by atoms with Gasteiger partial charge in [0.05, 0.1) is 18.8 Å². The van der Waals surface area contributed by atoms with Crippen molar-refractivity contribution in [2.24, 2.45) is 0 Å². The number of unbranched alkanes of at least 4 members (excludes halogenated alkanes) is 32. The van der Waals surface area contributed by atoms with Crippen molar-refractivity contribution in [2.75, 3.05) is 6.61 Å². The fourth-order valence-corrected chi connectivity index (χ4v) is 7.19. The zero-order valence-corrected chi connectivity index (χ0v) is 35.8. The Bertz CT molecular complexity index is 806. The Balaban J connectivity index is 3.57. The van der Waals surface area contributed by atoms with Gasteiger partial charge in [0.15, 0.2) is 0 Å². The zero-order valence-electron chi connectivity index (χ0n) is 35.8. The molecule has 0 radical (unpaired) electrons. The Morgan fingerprint density at radius 1 is 0.434 bits per heavy atom. The van der Waals surface area contributed by atoms with Crippen LogP contribution in [0.2, 0.25) is 0 Å². The molecule has 0 saturated heterocycles. The number of hydrogen-bond acceptors (Lipinski definition) is 3. The summed E-state index contributed by atoms with van der Waals surface area (Å²) in [6, 6.07) is -0.642. The van der Waals surface area contributed by atoms with E-state index in [-0.39, 0.29) is 12.5 Å². The Morgan fingerprint density at radius 3 is 1.09 bits per heavy atom. The lowest BCUT2D eigenvalue weighted by molar-refractivity contribution is -0.123. The quantitative estimate of drug-likeness (QED) is 0.0430. The van der Waals surface area contributed by atoms with Crippen LogP contribution in [-0.4, -0.2) is 34.9 Å². The summed E-state index contributed by atoms with van der Waals surface area (Å²) in [5, 5.41) is 23.0. The third-order valence-corrected chi connectivity index (χ3v) is 10.8. The first kappa shape index (κ1) is 51.6. The lowest BCUT2D eigenvalue weighted by Gasteiger charge is -2.19. The first-order chi connectivity index (χ1) is 26.2. The molecule has 0 saturated carbocycles. The lowest BCUT2D eigenvalue weighted by atomic mass is 10.0. The van der Waals surface area contributed by atoms with Gasteiger partial charge >= 0.3 is 0 Å². The SMILES string of the molecule is CCCCCCCCC/C=C\CCCCCCCC(=O)NC(CO)C(O)/C=C/CC/C=C/CCCCCCCCCCCCCCCCCCCCC. The van der Waals surface area contributed by atoms with Gasteiger partial charge in [-0.05, 0) is 57.8 Å². The van der Waals surface area contributed by atoms with E-state index < -0.39 is 12.1 Å². The van der Waals surface area contributed by atoms with E-state index in [9.17, 15) is 15.0 Å². The van der Waals surface area contributed by atoms with Crippen molar-refractivity contribution < 1.29 is 15.0 Å². The maximum atomic E-state index is 12.4. The van der Waals surface area contributed by atoms with E-state index in [0.717, 1.165) is 44.9 Å². The molecule has 0 aliphatic heterocycles. The summed E-state index contributed by atoms with van der Waals surface area (Å²) in [5.41, 5.74) is 0. The Kier molecular flexibility index (Phi) is 43.8. The van der Waals surface area contributed by atoms with Crippen molar-refractivity contribution in [2.45, 2.75) is 264 Å². The predicted molar refractivity (Wildman–Crippen MR) is 235 cm³/mol. The Labute approximate surface area is 331 Å². The molecule has 1 amide bonds. The van der Waals surface area contributed by atoms with Gasteiger partial charge in [-0.25, -0.2) is 0 Å². The van der Waals surface area contributed by atoms with Gasteiger partial charge < -0.3 is 15.5 Å². The highest BCUT2D eigenvalue weighted by atomic mass is 16.3. The molecule has 2 unspecified atom stereocenters. The molecule has 0 aliphatic rings. The van der Waals surface area contributed by atoms with E-state index >= 15 is 0 Å². The molecule has 2 atom stereocenters. The maximum absolute atomic E-state index is 12.4. The minimum Gasteiger partial charge on any atom is -0.394 e. The molecule has 0 heterocycles. The molecule has 0 rings (SSSR count). The van der Waals surface area contributed by atoms with Crippen LogP contribution < -0.4 is 5.32 Å². The smallest absolute Gasteiger partial charge is 0.220 e. The van der Waals surface area contributed by atoms with E-state index in [0.29, 0.717) is 6.42 Å². The number of aliphatic hydroxyl groups excluding tert-OH is 2. The molecule has 0 bridgehead atoms. The molecule has 312 valence electrons. The van der Waals surface area contributed by atoms with Gasteiger partial charge in [0.2, 0.25) is 5.91 Å². The van der Waals surface area contributed by atoms with Crippen LogP contribution in [0.15, 0.2) is 36.5 Å². The van der Waals surface area contributed by atoms with Crippen molar-refractivity contribution in [1.82, 2.24) is 5.32 Å². The van der Waals surface area contributed by atoms with Gasteiger partial charge in [-0.2, -0.15) is 0 Å². The summed E-state index contributed by atoms with van der Waals surface area (Å²) in [6.45, 7) is 4.30. The molecular weight excluding hydrogens is 651 g/mol. The molecule has 53 heavy (non-hydrogen) atoms. The van der Waals surface area contributed by atoms with E-state index in [1.165, 1.54) is 186 Å². The van der Waals surface area contributed by atoms with E-state index in [1.807, 2.05) is 6.08 Å². The van der Waals surface area contributed by atoms with Crippen LogP contribution in [0.5, 0.6) is 0 Å². The van der Waals surface area contributed by atoms with Gasteiger partial charge in [-0.1, -0.05) is 224 Å². The van der Waals surface area contributed by atoms with E-state index in [4.69, 9.17) is 0 Å². The average molecular weight is 744 g/mol. The third-order valence-electron chi connectivity index (χ3n) is 10.8. The monoisotopic (exact) mass is 744 g/mol. The van der Waals surface area contributed by atoms with Crippen LogP contribution >= 0.6 is 0 Å². The molecule has 0 aromatic carbocycles. The van der Waals surface area contributed by atoms with E-state index in [2.05, 4.69) is 43.5 Å². The first-order valence-corrected chi connectivity index (χ1v) is 23.7. The van der Waals surface area contributed by atoms with Crippen molar-refractivity contribution in [3.63, 3.8) is 0 Å². The topological polar surface area (TPSA) is 69.6 Å². The van der Waals surface area contributed by atoms with Crippen LogP contribution in [0.4, 0.5) is 0 Å². The highest BCUT2D eigenvalue weighted by Crippen LogP contribution is 2.15. The van der Waals surface area contributed by atoms with Gasteiger partial charge in [0.25, 0.3) is 0 Å². The van der Waals surface area contributed by atoms with E-state index in [1.54, 1.807) is 6.08 Å². The maximum Gasteiger partial charge on any atom is 0.220 e. The number of aliphatic hydroxyl groups is 2. The van der Waals surface area contributed by atoms with Crippen LogP contribution in [0.1, 0.15) is 251 Å². The number of carbonyl (C=O) groups is 1. The molecule has 4 nitrogen and oxygen atoms in total. The van der Waals surface area contributed by atoms with Crippen LogP contribution in [0.25, 0.3) is 0 Å². The number of amides is 1. The largest absolute Gasteiger partial charge is 0.394 e. The summed E-state index contributed by atoms with van der Waals surface area (Å²) < 4.78 is 0. The van der Waals surface area contributed by atoms with Gasteiger partial charge in [0.1, 0.15) is 0 Å². The van der Waals surface area contributed by atoms with Gasteiger partial charge in [-0.3, -0.25) is 4.79 Å². The van der Waals surface area contributed by atoms with Crippen molar-refractivity contribution >= 4 is 5.91 Å². The highest BCUT2D eigenvalue weighted by Gasteiger charge is 2.17. The Morgan fingerprint density at radius 2 is 0.736 bits per heavy atom. The van der Waals surface area contributed by atoms with Crippen LogP contribution in [-0.2, 0) is 4.79 Å². The van der Waals surface area contributed by atoms with Crippen molar-refractivity contribution in [3.8, 4) is 0 Å². The number of nitrogens with one attached hydrogen (secondary N) is 1. The predicted octanol–water partition coefficient (Wildman–Crippen LogP) is 15.0. The second kappa shape index (κ2) is 45.0. The van der Waals surface area contributed by atoms with Gasteiger partial charge in [-0.15, -0.1) is 0 Å². The second-order valence-corrected chi connectivity index (χ2v) is 16.2. The molecule has 0 aromatic rings. The Hall–Kier alpha value is -1.39. The molecule has 0 spiro atoms. The van der Waals surface area contributed by atoms with Gasteiger partial charge in [0, 0.05) is 6.42 Å². The zero-order chi connectivity index (χ0) is 38.6. The summed E-state index contributed by atoms with van der Waals surface area (Å²) in [7, 11) is 0. The molecular formula is C49H93NO3. The lowest BCUT2D eigenvalue weighted by Crippen LogP contribution is -2.45. The normalized spacial score (nSPS) is 13.2. The van der Waals surface area contributed by atoms with Crippen molar-refractivity contribution in [3.05, 3.63) is 36.5 Å². The van der Waals surface area contributed by atoms with Crippen molar-refractivity contribution in [1.29, 1.82) is 0 Å². The number of rotatable bonds is 43. The number of allylic oxidation sites excluding steroid dienone is 5. The minimum absolute atomic E-state index is 0.0810. The molecule has 0 aromatic heterocycles. The average Bonchev–Trinajstić information content (AvgIpc) is 3.16. The summed E-state index contributed by atoms with van der Waals surface area (Å²) in [4.78, 5) is 12.4. The summed E-state index contributed by atoms with van der Waals surface area (Å²) >= 11 is 0. The summed E-state index contributed by atoms with van der Waals surface area (Å²) in [5.74, 6) is -0.0810. The molecule has 0 fully saturated rings. The molecule has 0 aliphatic carbocycles. The first-order valence-electron chi connectivity index (χ1n) is 23.7.